The topological polar surface area (TPSA) is 137 Å². The van der Waals surface area contributed by atoms with Crippen LogP contribution in [0.2, 0.25) is 0 Å². The molecular formula is C34H46N4O6. The van der Waals surface area contributed by atoms with Crippen LogP contribution in [0.1, 0.15) is 86.5 Å². The Morgan fingerprint density at radius 1 is 1.05 bits per heavy atom. The van der Waals surface area contributed by atoms with Crippen molar-refractivity contribution in [2.24, 2.45) is 5.41 Å². The Bertz CT molecular complexity index is 1340. The lowest BCUT2D eigenvalue weighted by Gasteiger charge is -2.43. The second-order valence-corrected chi connectivity index (χ2v) is 13.0. The number of amides is 3. The van der Waals surface area contributed by atoms with E-state index < -0.39 is 29.5 Å². The Labute approximate surface area is 259 Å². The maximum atomic E-state index is 14.2. The Morgan fingerprint density at radius 3 is 2.41 bits per heavy atom. The number of hydrogen-bond acceptors (Lipinski definition) is 6. The number of hydrogen-bond donors (Lipinski definition) is 4. The van der Waals surface area contributed by atoms with Crippen LogP contribution in [0.5, 0.6) is 0 Å². The van der Waals surface area contributed by atoms with Gasteiger partial charge in [-0.2, -0.15) is 0 Å². The average Bonchev–Trinajstić information content (AvgIpc) is 3.01. The number of carbonyl (C=O) groups is 4. The Morgan fingerprint density at radius 2 is 1.75 bits per heavy atom. The number of nitrogens with zero attached hydrogens (tertiary/aromatic N) is 1. The van der Waals surface area contributed by atoms with E-state index in [4.69, 9.17) is 4.74 Å². The molecule has 2 aromatic carbocycles. The second kappa shape index (κ2) is 14.3. The van der Waals surface area contributed by atoms with Gasteiger partial charge < -0.3 is 30.7 Å². The lowest BCUT2D eigenvalue weighted by molar-refractivity contribution is -0.151. The summed E-state index contributed by atoms with van der Waals surface area (Å²) in [6.07, 6.45) is 3.28. The number of fused-ring (bicyclic) bond motifs is 1. The van der Waals surface area contributed by atoms with Crippen molar-refractivity contribution in [1.29, 1.82) is 0 Å². The molecule has 10 heteroatoms. The van der Waals surface area contributed by atoms with Gasteiger partial charge >= 0.3 is 5.97 Å². The number of piperidine rings is 1. The molecule has 5 atom stereocenters. The quantitative estimate of drug-likeness (QED) is 0.324. The Hall–Kier alpha value is -3.76. The summed E-state index contributed by atoms with van der Waals surface area (Å²) in [6.45, 7) is 7.99. The van der Waals surface area contributed by atoms with Crippen LogP contribution in [0.15, 0.2) is 48.5 Å². The van der Waals surface area contributed by atoms with Gasteiger partial charge in [0.1, 0.15) is 12.1 Å². The number of likely N-dealkylation sites (tertiary alicyclic amines) is 1. The Balaban J connectivity index is 1.55. The van der Waals surface area contributed by atoms with Crippen LogP contribution >= 0.6 is 0 Å². The molecule has 44 heavy (non-hydrogen) atoms. The van der Waals surface area contributed by atoms with E-state index in [1.807, 2.05) is 32.9 Å². The van der Waals surface area contributed by atoms with Crippen molar-refractivity contribution in [2.75, 3.05) is 13.6 Å². The third kappa shape index (κ3) is 8.04. The van der Waals surface area contributed by atoms with Gasteiger partial charge in [0.25, 0.3) is 0 Å². The average molecular weight is 607 g/mol. The molecular weight excluding hydrogens is 560 g/mol. The highest BCUT2D eigenvalue weighted by Crippen LogP contribution is 2.31. The molecule has 4 rings (SSSR count). The van der Waals surface area contributed by atoms with E-state index in [2.05, 4.69) is 28.1 Å². The smallest absolute Gasteiger partial charge is 0.335 e. The zero-order valence-corrected chi connectivity index (χ0v) is 26.4. The fourth-order valence-corrected chi connectivity index (χ4v) is 5.94. The van der Waals surface area contributed by atoms with Gasteiger partial charge in [-0.15, -0.1) is 0 Å². The number of ether oxygens (including phenoxy) is 1. The highest BCUT2D eigenvalue weighted by Gasteiger charge is 2.43. The van der Waals surface area contributed by atoms with Crippen molar-refractivity contribution in [3.8, 4) is 0 Å². The van der Waals surface area contributed by atoms with Crippen LogP contribution in [0.4, 0.5) is 0 Å². The van der Waals surface area contributed by atoms with Crippen molar-refractivity contribution in [3.05, 3.63) is 70.8 Å². The van der Waals surface area contributed by atoms with Crippen LogP contribution in [0.3, 0.4) is 0 Å². The standard InChI is InChI=1S/C34H46N4O6/c1-21(35-5)30(39)37-29(34(2,3)4)32(41)38-18-17-25(44-20-22-13-15-24(16-14-22)33(42)43)19-28(38)31(40)36-27-12-8-10-23-9-6-7-11-26(23)27/h6-7,9,11,13-16,21,25,27-29,35H,8,10,12,17-20H2,1-5H3,(H,36,40)(H,37,39)(H,42,43)/t21-,25+,27+,28-,29?/m0/s1. The van der Waals surface area contributed by atoms with E-state index >= 15 is 0 Å². The zero-order valence-electron chi connectivity index (χ0n) is 26.4. The molecule has 0 saturated carbocycles. The molecule has 2 aromatic rings. The fourth-order valence-electron chi connectivity index (χ4n) is 5.94. The number of carbonyl (C=O) groups excluding carboxylic acids is 3. The number of aryl methyl sites for hydroxylation is 1. The van der Waals surface area contributed by atoms with Gasteiger partial charge in [0, 0.05) is 13.0 Å². The van der Waals surface area contributed by atoms with Gasteiger partial charge in [-0.05, 0) is 73.9 Å². The molecule has 0 bridgehead atoms. The second-order valence-electron chi connectivity index (χ2n) is 13.0. The van der Waals surface area contributed by atoms with Crippen LogP contribution in [0.25, 0.3) is 0 Å². The van der Waals surface area contributed by atoms with Crippen LogP contribution < -0.4 is 16.0 Å². The number of rotatable bonds is 10. The van der Waals surface area contributed by atoms with E-state index in [9.17, 15) is 24.3 Å². The molecule has 10 nitrogen and oxygen atoms in total. The van der Waals surface area contributed by atoms with E-state index in [0.717, 1.165) is 30.4 Å². The third-order valence-corrected chi connectivity index (χ3v) is 8.74. The molecule has 0 spiro atoms. The predicted octanol–water partition coefficient (Wildman–Crippen LogP) is 3.59. The minimum atomic E-state index is -0.992. The molecule has 238 valence electrons. The summed E-state index contributed by atoms with van der Waals surface area (Å²) >= 11 is 0. The Kier molecular flexibility index (Phi) is 10.8. The number of aromatic carboxylic acids is 1. The van der Waals surface area contributed by atoms with E-state index in [-0.39, 0.29) is 42.0 Å². The van der Waals surface area contributed by atoms with E-state index in [0.29, 0.717) is 19.4 Å². The highest BCUT2D eigenvalue weighted by atomic mass is 16.5. The van der Waals surface area contributed by atoms with Crippen LogP contribution in [-0.2, 0) is 32.1 Å². The van der Waals surface area contributed by atoms with Crippen molar-refractivity contribution < 1.29 is 29.0 Å². The van der Waals surface area contributed by atoms with Gasteiger partial charge in [-0.25, -0.2) is 4.79 Å². The SMILES string of the molecule is CN[C@@H](C)C(=O)NC(C(=O)N1CC[C@@H](OCc2ccc(C(=O)O)cc2)C[C@H]1C(=O)N[C@@H]1CCCc2ccccc21)C(C)(C)C. The van der Waals surface area contributed by atoms with Crippen LogP contribution in [0, 0.1) is 5.41 Å². The number of likely N-dealkylation sites (N-methyl/N-ethyl adjacent to an activating group) is 1. The molecule has 1 heterocycles. The van der Waals surface area contributed by atoms with Gasteiger partial charge in [-0.1, -0.05) is 57.2 Å². The number of benzene rings is 2. The van der Waals surface area contributed by atoms with Crippen molar-refractivity contribution in [2.45, 2.75) is 96.7 Å². The molecule has 0 aromatic heterocycles. The molecule has 1 fully saturated rings. The molecule has 4 N–H and O–H groups in total. The van der Waals surface area contributed by atoms with Gasteiger partial charge in [0.2, 0.25) is 17.7 Å². The monoisotopic (exact) mass is 606 g/mol. The fraction of sp³-hybridized carbons (Fsp3) is 0.529. The molecule has 3 amide bonds. The maximum Gasteiger partial charge on any atom is 0.335 e. The summed E-state index contributed by atoms with van der Waals surface area (Å²) in [5.41, 5.74) is 2.76. The number of carboxylic acids is 1. The summed E-state index contributed by atoms with van der Waals surface area (Å²) in [5.74, 6) is -1.80. The first-order valence-corrected chi connectivity index (χ1v) is 15.5. The molecule has 2 aliphatic rings. The van der Waals surface area contributed by atoms with E-state index in [1.54, 1.807) is 31.0 Å². The first-order chi connectivity index (χ1) is 20.9. The zero-order chi connectivity index (χ0) is 32.0. The maximum absolute atomic E-state index is 14.2. The van der Waals surface area contributed by atoms with Crippen molar-refractivity contribution in [3.63, 3.8) is 0 Å². The minimum Gasteiger partial charge on any atom is -0.478 e. The number of nitrogens with one attached hydrogen (secondary N) is 3. The number of carboxylic acid groups (broad SMARTS) is 1. The minimum absolute atomic E-state index is 0.145. The van der Waals surface area contributed by atoms with Gasteiger partial charge in [-0.3, -0.25) is 14.4 Å². The molecule has 1 unspecified atom stereocenters. The highest BCUT2D eigenvalue weighted by molar-refractivity contribution is 5.94. The molecule has 0 radical (unpaired) electrons. The first kappa shape index (κ1) is 33.1. The molecule has 1 aliphatic heterocycles. The summed E-state index contributed by atoms with van der Waals surface area (Å²) in [4.78, 5) is 53.9. The van der Waals surface area contributed by atoms with Crippen LogP contribution in [-0.4, -0.2) is 71.5 Å². The summed E-state index contributed by atoms with van der Waals surface area (Å²) in [6, 6.07) is 12.4. The lowest BCUT2D eigenvalue weighted by Crippen LogP contribution is -2.63. The largest absolute Gasteiger partial charge is 0.478 e. The molecule has 1 saturated heterocycles. The third-order valence-electron chi connectivity index (χ3n) is 8.74. The van der Waals surface area contributed by atoms with Gasteiger partial charge in [0.05, 0.1) is 30.4 Å². The summed E-state index contributed by atoms with van der Waals surface area (Å²) in [7, 11) is 1.69. The molecule has 1 aliphatic carbocycles. The lowest BCUT2D eigenvalue weighted by atomic mass is 9.84. The normalized spacial score (nSPS) is 21.5. The summed E-state index contributed by atoms with van der Waals surface area (Å²) in [5, 5.41) is 18.3. The van der Waals surface area contributed by atoms with Crippen molar-refractivity contribution >= 4 is 23.7 Å². The van der Waals surface area contributed by atoms with Gasteiger partial charge in [0.15, 0.2) is 0 Å². The first-order valence-electron chi connectivity index (χ1n) is 15.5. The summed E-state index contributed by atoms with van der Waals surface area (Å²) < 4.78 is 6.22. The van der Waals surface area contributed by atoms with Crippen molar-refractivity contribution in [1.82, 2.24) is 20.9 Å². The van der Waals surface area contributed by atoms with E-state index in [1.165, 1.54) is 17.7 Å². The predicted molar refractivity (Wildman–Crippen MR) is 167 cm³/mol.